The maximum absolute atomic E-state index is 12.3. The molecule has 2 nitrogen and oxygen atoms in total. The average molecular weight is 233 g/mol. The molecule has 0 aliphatic rings. The molecule has 0 aromatic rings. The lowest BCUT2D eigenvalue weighted by Crippen LogP contribution is -2.50. The standard InChI is InChI=1S/C8H12F5NO/c1-2-3-4-5-14-6(15)7(9,10)8(11,12)13/h2-5H2,1H3,(H,14,15). The van der Waals surface area contributed by atoms with Gasteiger partial charge in [0, 0.05) is 6.54 Å². The van der Waals surface area contributed by atoms with E-state index in [9.17, 15) is 26.7 Å². The highest BCUT2D eigenvalue weighted by Gasteiger charge is 2.63. The largest absolute Gasteiger partial charge is 0.463 e. The summed E-state index contributed by atoms with van der Waals surface area (Å²) < 4.78 is 59.5. The van der Waals surface area contributed by atoms with Crippen LogP contribution >= 0.6 is 0 Å². The van der Waals surface area contributed by atoms with Gasteiger partial charge in [0.1, 0.15) is 0 Å². The second-order valence-electron chi connectivity index (χ2n) is 3.04. The molecule has 0 bridgehead atoms. The summed E-state index contributed by atoms with van der Waals surface area (Å²) in [4.78, 5) is 10.5. The molecule has 0 spiro atoms. The Labute approximate surface area is 83.8 Å². The number of nitrogens with one attached hydrogen (secondary N) is 1. The summed E-state index contributed by atoms with van der Waals surface area (Å²) in [7, 11) is 0. The highest BCUT2D eigenvalue weighted by Crippen LogP contribution is 2.35. The van der Waals surface area contributed by atoms with Crippen LogP contribution in [-0.4, -0.2) is 24.6 Å². The Morgan fingerprint density at radius 3 is 2.07 bits per heavy atom. The fraction of sp³-hybridized carbons (Fsp3) is 0.875. The first-order valence-corrected chi connectivity index (χ1v) is 4.46. The van der Waals surface area contributed by atoms with Crippen LogP contribution in [0.15, 0.2) is 0 Å². The van der Waals surface area contributed by atoms with Crippen molar-refractivity contribution in [2.75, 3.05) is 6.54 Å². The SMILES string of the molecule is CCCCCNC(=O)C(F)(F)C(F)(F)F. The molecule has 0 saturated heterocycles. The fourth-order valence-electron chi connectivity index (χ4n) is 0.817. The number of rotatable bonds is 5. The second kappa shape index (κ2) is 5.27. The van der Waals surface area contributed by atoms with Crippen LogP contribution in [0, 0.1) is 0 Å². The van der Waals surface area contributed by atoms with E-state index in [4.69, 9.17) is 0 Å². The molecule has 0 aliphatic carbocycles. The second-order valence-corrected chi connectivity index (χ2v) is 3.04. The van der Waals surface area contributed by atoms with Gasteiger partial charge in [0.2, 0.25) is 0 Å². The Balaban J connectivity index is 4.10. The number of unbranched alkanes of at least 4 members (excludes halogenated alkanes) is 2. The summed E-state index contributed by atoms with van der Waals surface area (Å²) in [6.45, 7) is 1.67. The first kappa shape index (κ1) is 14.1. The van der Waals surface area contributed by atoms with Crippen molar-refractivity contribution in [1.29, 1.82) is 0 Å². The predicted molar refractivity (Wildman–Crippen MR) is 43.5 cm³/mol. The van der Waals surface area contributed by atoms with Crippen molar-refractivity contribution in [3.63, 3.8) is 0 Å². The molecule has 0 aromatic carbocycles. The van der Waals surface area contributed by atoms with Gasteiger partial charge in [-0.1, -0.05) is 19.8 Å². The highest BCUT2D eigenvalue weighted by atomic mass is 19.4. The van der Waals surface area contributed by atoms with Crippen LogP contribution in [0.4, 0.5) is 22.0 Å². The molecular weight excluding hydrogens is 221 g/mol. The Morgan fingerprint density at radius 2 is 1.67 bits per heavy atom. The lowest BCUT2D eigenvalue weighted by molar-refractivity contribution is -0.269. The Bertz CT molecular complexity index is 214. The molecule has 0 saturated carbocycles. The van der Waals surface area contributed by atoms with E-state index < -0.39 is 18.0 Å². The molecule has 0 aromatic heterocycles. The Kier molecular flexibility index (Phi) is 4.96. The quantitative estimate of drug-likeness (QED) is 0.573. The summed E-state index contributed by atoms with van der Waals surface area (Å²) in [6, 6.07) is 0. The third kappa shape index (κ3) is 4.01. The van der Waals surface area contributed by atoms with Crippen molar-refractivity contribution in [2.45, 2.75) is 38.3 Å². The molecule has 1 amide bonds. The first-order valence-electron chi connectivity index (χ1n) is 4.46. The zero-order valence-corrected chi connectivity index (χ0v) is 8.13. The van der Waals surface area contributed by atoms with Crippen LogP contribution in [-0.2, 0) is 4.79 Å². The summed E-state index contributed by atoms with van der Waals surface area (Å²) in [5.41, 5.74) is 0. The molecule has 0 unspecified atom stereocenters. The van der Waals surface area contributed by atoms with Crippen LogP contribution in [0.3, 0.4) is 0 Å². The van der Waals surface area contributed by atoms with Gasteiger partial charge in [0.15, 0.2) is 0 Å². The minimum absolute atomic E-state index is 0.168. The van der Waals surface area contributed by atoms with Gasteiger partial charge >= 0.3 is 12.1 Å². The molecule has 7 heteroatoms. The van der Waals surface area contributed by atoms with E-state index in [0.29, 0.717) is 12.8 Å². The van der Waals surface area contributed by atoms with Crippen molar-refractivity contribution in [3.8, 4) is 0 Å². The molecule has 0 rings (SSSR count). The molecule has 0 radical (unpaired) electrons. The summed E-state index contributed by atoms with van der Waals surface area (Å²) >= 11 is 0. The number of amides is 1. The van der Waals surface area contributed by atoms with Gasteiger partial charge in [-0.05, 0) is 6.42 Å². The van der Waals surface area contributed by atoms with Crippen LogP contribution in [0.2, 0.25) is 0 Å². The molecule has 15 heavy (non-hydrogen) atoms. The van der Waals surface area contributed by atoms with Gasteiger partial charge in [-0.15, -0.1) is 0 Å². The molecule has 0 heterocycles. The highest BCUT2D eigenvalue weighted by molar-refractivity contribution is 5.84. The fourth-order valence-corrected chi connectivity index (χ4v) is 0.817. The van der Waals surface area contributed by atoms with Crippen LogP contribution < -0.4 is 5.32 Å². The lowest BCUT2D eigenvalue weighted by atomic mass is 10.2. The van der Waals surface area contributed by atoms with Crippen LogP contribution in [0.5, 0.6) is 0 Å². The zero-order chi connectivity index (χ0) is 12.1. The number of halogens is 5. The summed E-state index contributed by atoms with van der Waals surface area (Å²) in [6.07, 6.45) is -4.00. The van der Waals surface area contributed by atoms with Gasteiger partial charge in [-0.3, -0.25) is 4.79 Å². The minimum atomic E-state index is -5.83. The topological polar surface area (TPSA) is 29.1 Å². The van der Waals surface area contributed by atoms with E-state index in [1.165, 1.54) is 0 Å². The average Bonchev–Trinajstić information content (AvgIpc) is 2.10. The van der Waals surface area contributed by atoms with Gasteiger partial charge in [-0.25, -0.2) is 0 Å². The monoisotopic (exact) mass is 233 g/mol. The van der Waals surface area contributed by atoms with E-state index in [-0.39, 0.29) is 6.54 Å². The number of carbonyl (C=O) groups is 1. The van der Waals surface area contributed by atoms with Crippen molar-refractivity contribution >= 4 is 5.91 Å². The van der Waals surface area contributed by atoms with Crippen molar-refractivity contribution in [2.24, 2.45) is 0 Å². The predicted octanol–water partition coefficient (Wildman–Crippen LogP) is 2.49. The van der Waals surface area contributed by atoms with Gasteiger partial charge in [0.25, 0.3) is 5.91 Å². The van der Waals surface area contributed by atoms with E-state index in [2.05, 4.69) is 0 Å². The normalized spacial score (nSPS) is 12.7. The molecule has 90 valence electrons. The third-order valence-electron chi connectivity index (χ3n) is 1.71. The molecule has 1 N–H and O–H groups in total. The molecule has 0 atom stereocenters. The number of carbonyl (C=O) groups excluding carboxylic acids is 1. The molecule has 0 fully saturated rings. The van der Waals surface area contributed by atoms with Gasteiger partial charge < -0.3 is 5.32 Å². The van der Waals surface area contributed by atoms with E-state index >= 15 is 0 Å². The van der Waals surface area contributed by atoms with E-state index in [1.54, 1.807) is 5.32 Å². The number of hydrogen-bond donors (Lipinski definition) is 1. The van der Waals surface area contributed by atoms with Crippen molar-refractivity contribution < 1.29 is 26.7 Å². The van der Waals surface area contributed by atoms with Crippen LogP contribution in [0.1, 0.15) is 26.2 Å². The first-order chi connectivity index (χ1) is 6.73. The number of alkyl halides is 5. The minimum Gasteiger partial charge on any atom is -0.351 e. The molecule has 0 aliphatic heterocycles. The molecular formula is C8H12F5NO. The summed E-state index contributed by atoms with van der Waals surface area (Å²) in [5, 5.41) is 1.56. The van der Waals surface area contributed by atoms with E-state index in [1.807, 2.05) is 6.92 Å². The smallest absolute Gasteiger partial charge is 0.351 e. The Hall–Kier alpha value is -0.880. The maximum atomic E-state index is 12.3. The van der Waals surface area contributed by atoms with E-state index in [0.717, 1.165) is 6.42 Å². The lowest BCUT2D eigenvalue weighted by Gasteiger charge is -2.18. The van der Waals surface area contributed by atoms with Crippen LogP contribution in [0.25, 0.3) is 0 Å². The van der Waals surface area contributed by atoms with Crippen molar-refractivity contribution in [3.05, 3.63) is 0 Å². The Morgan fingerprint density at radius 1 is 1.13 bits per heavy atom. The maximum Gasteiger partial charge on any atom is 0.463 e. The van der Waals surface area contributed by atoms with Gasteiger partial charge in [0.05, 0.1) is 0 Å². The third-order valence-corrected chi connectivity index (χ3v) is 1.71. The van der Waals surface area contributed by atoms with Gasteiger partial charge in [-0.2, -0.15) is 22.0 Å². The summed E-state index contributed by atoms with van der Waals surface area (Å²) in [5.74, 6) is -7.59. The number of hydrogen-bond acceptors (Lipinski definition) is 1. The van der Waals surface area contributed by atoms with Crippen molar-refractivity contribution in [1.82, 2.24) is 5.32 Å². The zero-order valence-electron chi connectivity index (χ0n) is 8.13.